The molecule has 3 rings (SSSR count). The molecule has 12 heteroatoms. The number of benzene rings is 2. The number of carbonyl (C=O) groups is 3. The van der Waals surface area contributed by atoms with Crippen molar-refractivity contribution in [2.45, 2.75) is 37.7 Å². The zero-order valence-electron chi connectivity index (χ0n) is 21.6. The summed E-state index contributed by atoms with van der Waals surface area (Å²) < 4.78 is 37.7. The zero-order chi connectivity index (χ0) is 28.6. The molecule has 39 heavy (non-hydrogen) atoms. The van der Waals surface area contributed by atoms with Crippen molar-refractivity contribution in [1.29, 1.82) is 0 Å². The van der Waals surface area contributed by atoms with Crippen LogP contribution in [0.1, 0.15) is 57.0 Å². The van der Waals surface area contributed by atoms with Crippen molar-refractivity contribution < 1.29 is 32.3 Å². The summed E-state index contributed by atoms with van der Waals surface area (Å²) >= 11 is 6.09. The van der Waals surface area contributed by atoms with Gasteiger partial charge in [0.1, 0.15) is 11.4 Å². The zero-order valence-corrected chi connectivity index (χ0v) is 23.1. The number of nitrogens with zero attached hydrogens (tertiary/aromatic N) is 1. The quantitative estimate of drug-likeness (QED) is 0.330. The van der Waals surface area contributed by atoms with Crippen molar-refractivity contribution in [3.05, 3.63) is 88.2 Å². The van der Waals surface area contributed by atoms with Crippen molar-refractivity contribution in [1.82, 2.24) is 15.0 Å². The number of halogens is 1. The number of carbonyl (C=O) groups excluding carboxylic acids is 3. The average Bonchev–Trinajstić information content (AvgIpc) is 2.93. The van der Waals surface area contributed by atoms with Crippen LogP contribution in [0, 0.1) is 0 Å². The molecule has 0 aliphatic rings. The fraction of sp³-hybridized carbons (Fsp3) is 0.259. The van der Waals surface area contributed by atoms with Gasteiger partial charge in [0.15, 0.2) is 0 Å². The maximum Gasteiger partial charge on any atom is 0.357 e. The Labute approximate surface area is 231 Å². The van der Waals surface area contributed by atoms with E-state index in [1.165, 1.54) is 37.4 Å². The van der Waals surface area contributed by atoms with Crippen LogP contribution >= 0.6 is 11.6 Å². The van der Waals surface area contributed by atoms with Gasteiger partial charge in [-0.2, -0.15) is 0 Å². The highest BCUT2D eigenvalue weighted by molar-refractivity contribution is 7.90. The molecule has 0 fully saturated rings. The molecule has 206 valence electrons. The second kappa shape index (κ2) is 13.2. The Balaban J connectivity index is 1.56. The number of nitrogens with one attached hydrogen (secondary N) is 2. The predicted molar refractivity (Wildman–Crippen MR) is 145 cm³/mol. The van der Waals surface area contributed by atoms with Crippen LogP contribution in [-0.2, 0) is 21.2 Å². The molecule has 10 nitrogen and oxygen atoms in total. The molecule has 1 aromatic heterocycles. The van der Waals surface area contributed by atoms with Gasteiger partial charge in [-0.3, -0.25) is 9.59 Å². The molecule has 1 atom stereocenters. The third kappa shape index (κ3) is 8.01. The number of rotatable bonds is 11. The second-order valence-corrected chi connectivity index (χ2v) is 10.6. The third-order valence-corrected chi connectivity index (χ3v) is 7.37. The molecule has 1 heterocycles. The first-order chi connectivity index (χ1) is 18.5. The van der Waals surface area contributed by atoms with Crippen molar-refractivity contribution in [3.8, 4) is 5.75 Å². The number of hydrogen-bond donors (Lipinski definition) is 2. The molecule has 0 radical (unpaired) electrons. The summed E-state index contributed by atoms with van der Waals surface area (Å²) in [6.45, 7) is 3.90. The minimum atomic E-state index is -4.17. The van der Waals surface area contributed by atoms with Gasteiger partial charge in [-0.05, 0) is 67.8 Å². The van der Waals surface area contributed by atoms with Crippen LogP contribution in [0.5, 0.6) is 5.75 Å². The van der Waals surface area contributed by atoms with Gasteiger partial charge in [0, 0.05) is 12.7 Å². The molecule has 2 amide bonds. The van der Waals surface area contributed by atoms with E-state index in [4.69, 9.17) is 21.1 Å². The van der Waals surface area contributed by atoms with Crippen LogP contribution in [0.4, 0.5) is 0 Å². The van der Waals surface area contributed by atoms with Crippen LogP contribution in [0.25, 0.3) is 0 Å². The number of aromatic nitrogens is 1. The summed E-state index contributed by atoms with van der Waals surface area (Å²) in [5, 5.41) is 3.05. The first-order valence-corrected chi connectivity index (χ1v) is 13.8. The molecule has 0 bridgehead atoms. The lowest BCUT2D eigenvalue weighted by Gasteiger charge is -2.11. The van der Waals surface area contributed by atoms with E-state index in [0.717, 1.165) is 11.8 Å². The number of sulfonamides is 1. The first kappa shape index (κ1) is 29.6. The maximum absolute atomic E-state index is 12.7. The lowest BCUT2D eigenvalue weighted by molar-refractivity contribution is 0.0327. The lowest BCUT2D eigenvalue weighted by atomic mass is 10.1. The largest absolute Gasteiger partial charge is 0.497 e. The summed E-state index contributed by atoms with van der Waals surface area (Å²) in [5.41, 5.74) is 1.01. The molecule has 3 aromatic rings. The number of ether oxygens (including phenoxy) is 2. The summed E-state index contributed by atoms with van der Waals surface area (Å²) in [6, 6.07) is 13.2. The molecule has 0 aliphatic heterocycles. The minimum absolute atomic E-state index is 0.00748. The monoisotopic (exact) mass is 573 g/mol. The molecular formula is C27H28ClN3O7S. The topological polar surface area (TPSA) is 141 Å². The molecule has 2 N–H and O–H groups in total. The van der Waals surface area contributed by atoms with Crippen LogP contribution in [0.15, 0.2) is 65.7 Å². The fourth-order valence-corrected chi connectivity index (χ4v) is 4.45. The maximum atomic E-state index is 12.7. The summed E-state index contributed by atoms with van der Waals surface area (Å²) in [4.78, 5) is 40.7. The molecule has 0 saturated carbocycles. The molecule has 0 unspecified atom stereocenters. The molecular weight excluding hydrogens is 546 g/mol. The Bertz CT molecular complexity index is 1440. The molecule has 2 aromatic carbocycles. The number of pyridine rings is 1. The highest BCUT2D eigenvalue weighted by Gasteiger charge is 2.20. The van der Waals surface area contributed by atoms with Crippen LogP contribution in [-0.4, -0.2) is 50.9 Å². The normalized spacial score (nSPS) is 11.8. The Kier molecular flexibility index (Phi) is 10.0. The Morgan fingerprint density at radius 1 is 1.03 bits per heavy atom. The highest BCUT2D eigenvalue weighted by atomic mass is 35.5. The second-order valence-electron chi connectivity index (χ2n) is 8.49. The SMILES string of the molecule is CC[C@@H](C)OC(=O)c1ccc(C(=O)NS(=O)(=O)c2ccc(CCNC(=O)c3cc(OC)ccc3Cl)cc2)cn1. The van der Waals surface area contributed by atoms with E-state index in [1.54, 1.807) is 31.2 Å². The van der Waals surface area contributed by atoms with Gasteiger partial charge in [-0.25, -0.2) is 22.9 Å². The number of methoxy groups -OCH3 is 1. The lowest BCUT2D eigenvalue weighted by Crippen LogP contribution is -2.30. The molecule has 0 spiro atoms. The van der Waals surface area contributed by atoms with E-state index in [1.807, 2.05) is 11.6 Å². The highest BCUT2D eigenvalue weighted by Crippen LogP contribution is 2.22. The number of hydrogen-bond acceptors (Lipinski definition) is 8. The predicted octanol–water partition coefficient (Wildman–Crippen LogP) is 3.79. The standard InChI is InChI=1S/C27H28ClN3O7S/c1-4-17(2)38-27(34)24-12-7-19(16-30-24)25(32)31-39(35,36)21-9-5-18(6-10-21)13-14-29-26(33)22-15-20(37-3)8-11-23(22)28/h5-12,15-17H,4,13-14H2,1-3H3,(H,29,33)(H,31,32)/t17-/m1/s1. The van der Waals surface area contributed by atoms with Gasteiger partial charge in [-0.1, -0.05) is 30.7 Å². The molecule has 0 saturated heterocycles. The van der Waals surface area contributed by atoms with Crippen molar-refractivity contribution in [2.75, 3.05) is 13.7 Å². The molecule has 0 aliphatic carbocycles. The van der Waals surface area contributed by atoms with Crippen molar-refractivity contribution >= 4 is 39.4 Å². The average molecular weight is 574 g/mol. The summed E-state index contributed by atoms with van der Waals surface area (Å²) in [7, 11) is -2.68. The van der Waals surface area contributed by atoms with E-state index in [2.05, 4.69) is 10.3 Å². The van der Waals surface area contributed by atoms with Gasteiger partial charge in [0.25, 0.3) is 21.8 Å². The van der Waals surface area contributed by atoms with E-state index in [9.17, 15) is 22.8 Å². The number of amides is 2. The van der Waals surface area contributed by atoms with Gasteiger partial charge in [0.2, 0.25) is 0 Å². The summed E-state index contributed by atoms with van der Waals surface area (Å²) in [6.07, 6.45) is 1.89. The van der Waals surface area contributed by atoms with E-state index in [0.29, 0.717) is 23.6 Å². The van der Waals surface area contributed by atoms with E-state index in [-0.39, 0.29) is 40.3 Å². The number of esters is 1. The van der Waals surface area contributed by atoms with E-state index >= 15 is 0 Å². The van der Waals surface area contributed by atoms with Gasteiger partial charge in [0.05, 0.1) is 34.3 Å². The van der Waals surface area contributed by atoms with Gasteiger partial charge >= 0.3 is 5.97 Å². The first-order valence-electron chi connectivity index (χ1n) is 12.0. The smallest absolute Gasteiger partial charge is 0.357 e. The Morgan fingerprint density at radius 2 is 1.74 bits per heavy atom. The van der Waals surface area contributed by atoms with Crippen molar-refractivity contribution in [3.63, 3.8) is 0 Å². The van der Waals surface area contributed by atoms with Gasteiger partial charge < -0.3 is 14.8 Å². The van der Waals surface area contributed by atoms with Crippen molar-refractivity contribution in [2.24, 2.45) is 0 Å². The fourth-order valence-electron chi connectivity index (χ4n) is 3.27. The summed E-state index contributed by atoms with van der Waals surface area (Å²) in [5.74, 6) is -1.39. The Hall–Kier alpha value is -3.96. The van der Waals surface area contributed by atoms with Gasteiger partial charge in [-0.15, -0.1) is 0 Å². The third-order valence-electron chi connectivity index (χ3n) is 5.70. The minimum Gasteiger partial charge on any atom is -0.497 e. The van der Waals surface area contributed by atoms with Crippen LogP contribution < -0.4 is 14.8 Å². The Morgan fingerprint density at radius 3 is 2.36 bits per heavy atom. The van der Waals surface area contributed by atoms with Crippen LogP contribution in [0.2, 0.25) is 5.02 Å². The van der Waals surface area contributed by atoms with E-state index < -0.39 is 21.9 Å². The van der Waals surface area contributed by atoms with Crippen LogP contribution in [0.3, 0.4) is 0 Å².